The molecule has 96 valence electrons. The van der Waals surface area contributed by atoms with Crippen LogP contribution in [0.3, 0.4) is 0 Å². The van der Waals surface area contributed by atoms with Gasteiger partial charge in [0.05, 0.1) is 13.3 Å². The van der Waals surface area contributed by atoms with Crippen molar-refractivity contribution in [2.75, 3.05) is 18.6 Å². The number of anilines is 1. The molecule has 1 fully saturated rings. The minimum Gasteiger partial charge on any atom is -0.464 e. The van der Waals surface area contributed by atoms with Crippen LogP contribution in [-0.4, -0.2) is 40.3 Å². The normalized spacial score (nSPS) is 19.2. The molecule has 0 aliphatic carbocycles. The van der Waals surface area contributed by atoms with E-state index in [9.17, 15) is 9.59 Å². The Morgan fingerprint density at radius 2 is 2.33 bits per heavy atom. The lowest BCUT2D eigenvalue weighted by atomic mass is 10.3. The molecule has 0 radical (unpaired) electrons. The Kier molecular flexibility index (Phi) is 3.96. The van der Waals surface area contributed by atoms with E-state index < -0.39 is 5.97 Å². The molecular weight excluding hydrogens is 370 g/mol. The van der Waals surface area contributed by atoms with Crippen molar-refractivity contribution in [1.82, 2.24) is 9.97 Å². The molecule has 0 N–H and O–H groups in total. The van der Waals surface area contributed by atoms with Gasteiger partial charge >= 0.3 is 5.97 Å². The highest BCUT2D eigenvalue weighted by molar-refractivity contribution is 9.10. The first-order valence-electron chi connectivity index (χ1n) is 5.08. The van der Waals surface area contributed by atoms with E-state index in [-0.39, 0.29) is 22.2 Å². The van der Waals surface area contributed by atoms with Gasteiger partial charge in [-0.15, -0.1) is 0 Å². The third-order valence-corrected chi connectivity index (χ3v) is 3.43. The molecule has 8 heteroatoms. The van der Waals surface area contributed by atoms with Crippen LogP contribution in [0.4, 0.5) is 5.82 Å². The molecule has 6 nitrogen and oxygen atoms in total. The van der Waals surface area contributed by atoms with Crippen LogP contribution >= 0.6 is 31.9 Å². The quantitative estimate of drug-likeness (QED) is 0.576. The zero-order valence-electron chi connectivity index (χ0n) is 9.39. The van der Waals surface area contributed by atoms with Crippen molar-refractivity contribution in [3.05, 3.63) is 16.5 Å². The summed E-state index contributed by atoms with van der Waals surface area (Å²) in [5.41, 5.74) is 0.0295. The zero-order chi connectivity index (χ0) is 13.3. The summed E-state index contributed by atoms with van der Waals surface area (Å²) < 4.78 is 5.05. The van der Waals surface area contributed by atoms with Crippen LogP contribution in [0.1, 0.15) is 16.9 Å². The fourth-order valence-corrected chi connectivity index (χ4v) is 2.51. The molecular formula is C10H9Br2N3O3. The molecule has 2 rings (SSSR count). The summed E-state index contributed by atoms with van der Waals surface area (Å²) in [5, 5.41) is 0. The fourth-order valence-electron chi connectivity index (χ4n) is 1.66. The molecule has 1 atom stereocenters. The number of carbonyl (C=O) groups is 2. The zero-order valence-corrected chi connectivity index (χ0v) is 12.6. The van der Waals surface area contributed by atoms with E-state index >= 15 is 0 Å². The van der Waals surface area contributed by atoms with Gasteiger partial charge in [-0.05, 0) is 15.9 Å². The Hall–Kier alpha value is -1.02. The predicted molar refractivity (Wildman–Crippen MR) is 70.8 cm³/mol. The Balaban J connectivity index is 2.44. The molecule has 1 aliphatic heterocycles. The largest absolute Gasteiger partial charge is 0.464 e. The first kappa shape index (κ1) is 13.4. The summed E-state index contributed by atoms with van der Waals surface area (Å²) in [7, 11) is 1.26. The molecule has 1 unspecified atom stereocenters. The predicted octanol–water partition coefficient (Wildman–Crippen LogP) is 1.53. The van der Waals surface area contributed by atoms with Crippen LogP contribution in [0.2, 0.25) is 0 Å². The monoisotopic (exact) mass is 377 g/mol. The van der Waals surface area contributed by atoms with Crippen molar-refractivity contribution in [1.29, 1.82) is 0 Å². The number of hydrogen-bond donors (Lipinski definition) is 0. The lowest BCUT2D eigenvalue weighted by Gasteiger charge is -2.16. The van der Waals surface area contributed by atoms with E-state index in [1.165, 1.54) is 18.2 Å². The fraction of sp³-hybridized carbons (Fsp3) is 0.400. The highest BCUT2D eigenvalue weighted by atomic mass is 79.9. The third-order valence-electron chi connectivity index (χ3n) is 2.44. The van der Waals surface area contributed by atoms with E-state index in [1.54, 1.807) is 0 Å². The Morgan fingerprint density at radius 1 is 1.61 bits per heavy atom. The van der Waals surface area contributed by atoms with Crippen LogP contribution in [-0.2, 0) is 9.53 Å². The van der Waals surface area contributed by atoms with E-state index in [0.29, 0.717) is 17.6 Å². The second-order valence-corrected chi connectivity index (χ2v) is 5.77. The maximum atomic E-state index is 11.8. The van der Waals surface area contributed by atoms with Crippen molar-refractivity contribution >= 4 is 49.6 Å². The van der Waals surface area contributed by atoms with Gasteiger partial charge in [-0.25, -0.2) is 14.8 Å². The minimum atomic E-state index is -0.621. The summed E-state index contributed by atoms with van der Waals surface area (Å²) >= 11 is 6.51. The second kappa shape index (κ2) is 5.31. The number of ether oxygens (including phenoxy) is 1. The number of aromatic nitrogens is 2. The molecule has 1 aliphatic rings. The number of esters is 1. The first-order valence-corrected chi connectivity index (χ1v) is 6.79. The molecule has 0 bridgehead atoms. The van der Waals surface area contributed by atoms with Gasteiger partial charge in [-0.2, -0.15) is 0 Å². The number of hydrogen-bond acceptors (Lipinski definition) is 5. The van der Waals surface area contributed by atoms with Gasteiger partial charge in [0, 0.05) is 17.8 Å². The topological polar surface area (TPSA) is 72.4 Å². The summed E-state index contributed by atoms with van der Waals surface area (Å²) in [6.07, 6.45) is 1.81. The number of carbonyl (C=O) groups excluding carboxylic acids is 2. The van der Waals surface area contributed by atoms with Gasteiger partial charge in [0.1, 0.15) is 4.60 Å². The van der Waals surface area contributed by atoms with Crippen LogP contribution in [0.25, 0.3) is 0 Å². The summed E-state index contributed by atoms with van der Waals surface area (Å²) in [5.74, 6) is -0.486. The smallest absolute Gasteiger partial charge is 0.360 e. The highest BCUT2D eigenvalue weighted by Gasteiger charge is 2.33. The maximum absolute atomic E-state index is 11.8. The summed E-state index contributed by atoms with van der Waals surface area (Å²) in [6.45, 7) is 0.457. The van der Waals surface area contributed by atoms with Gasteiger partial charge in [-0.1, -0.05) is 15.9 Å². The summed E-state index contributed by atoms with van der Waals surface area (Å²) in [6, 6.07) is 0. The van der Waals surface area contributed by atoms with E-state index in [2.05, 4.69) is 46.6 Å². The van der Waals surface area contributed by atoms with Crippen molar-refractivity contribution in [2.45, 2.75) is 11.2 Å². The van der Waals surface area contributed by atoms with E-state index in [4.69, 9.17) is 0 Å². The minimum absolute atomic E-state index is 0.0295. The van der Waals surface area contributed by atoms with E-state index in [1.807, 2.05) is 0 Å². The van der Waals surface area contributed by atoms with Gasteiger partial charge < -0.3 is 4.74 Å². The Labute approximate surface area is 120 Å². The molecule has 18 heavy (non-hydrogen) atoms. The van der Waals surface area contributed by atoms with Gasteiger partial charge in [0.2, 0.25) is 5.91 Å². The van der Waals surface area contributed by atoms with E-state index in [0.717, 1.165) is 0 Å². The average Bonchev–Trinajstić information content (AvgIpc) is 2.67. The van der Waals surface area contributed by atoms with Gasteiger partial charge in [-0.3, -0.25) is 9.69 Å². The Bertz CT molecular complexity index is 509. The number of rotatable bonds is 2. The maximum Gasteiger partial charge on any atom is 0.360 e. The molecule has 1 saturated heterocycles. The number of amides is 1. The van der Waals surface area contributed by atoms with Crippen molar-refractivity contribution in [2.24, 2.45) is 0 Å². The first-order chi connectivity index (χ1) is 8.52. The number of nitrogens with zero attached hydrogens (tertiary/aromatic N) is 3. The summed E-state index contributed by atoms with van der Waals surface area (Å²) in [4.78, 5) is 33.0. The third kappa shape index (κ3) is 2.54. The molecule has 0 aromatic carbocycles. The lowest BCUT2D eigenvalue weighted by Crippen LogP contribution is -2.28. The van der Waals surface area contributed by atoms with Crippen LogP contribution in [0.15, 0.2) is 10.8 Å². The molecule has 0 spiro atoms. The van der Waals surface area contributed by atoms with Crippen molar-refractivity contribution < 1.29 is 14.3 Å². The number of halogens is 2. The Morgan fingerprint density at radius 3 is 2.89 bits per heavy atom. The standard InChI is InChI=1S/C10H9Br2N3O3/c1-18-10(17)8-9(13-3-6(12)14-8)15-4-5(11)2-7(15)16/h3,5H,2,4H2,1H3. The van der Waals surface area contributed by atoms with Crippen molar-refractivity contribution in [3.8, 4) is 0 Å². The average molecular weight is 379 g/mol. The molecule has 0 saturated carbocycles. The van der Waals surface area contributed by atoms with Crippen molar-refractivity contribution in [3.63, 3.8) is 0 Å². The van der Waals surface area contributed by atoms with Crippen LogP contribution in [0.5, 0.6) is 0 Å². The SMILES string of the molecule is COC(=O)c1nc(Br)cnc1N1CC(Br)CC1=O. The van der Waals surface area contributed by atoms with Gasteiger partial charge in [0.25, 0.3) is 0 Å². The highest BCUT2D eigenvalue weighted by Crippen LogP contribution is 2.26. The molecule has 2 heterocycles. The number of alkyl halides is 1. The molecule has 1 amide bonds. The second-order valence-electron chi connectivity index (χ2n) is 3.66. The van der Waals surface area contributed by atoms with Crippen LogP contribution < -0.4 is 4.90 Å². The molecule has 1 aromatic heterocycles. The van der Waals surface area contributed by atoms with Crippen LogP contribution in [0, 0.1) is 0 Å². The van der Waals surface area contributed by atoms with Gasteiger partial charge in [0.15, 0.2) is 11.5 Å². The lowest BCUT2D eigenvalue weighted by molar-refractivity contribution is -0.117. The number of methoxy groups -OCH3 is 1. The molecule has 1 aromatic rings.